The molecule has 1 radical (unpaired) electrons. The van der Waals surface area contributed by atoms with Crippen LogP contribution in [0.4, 0.5) is 0 Å². The SMILES string of the molecule is [CH2]c1cc(C)ccc1C(=O)OC. The standard InChI is InChI=1S/C10H11O2/c1-7-4-5-9(8(2)6-7)10(11)12-3/h4-6H,2H2,1,3H3. The summed E-state index contributed by atoms with van der Waals surface area (Å²) in [7, 11) is 1.36. The van der Waals surface area contributed by atoms with Crippen LogP contribution in [0.5, 0.6) is 0 Å². The second-order valence-electron chi connectivity index (χ2n) is 2.65. The average molecular weight is 163 g/mol. The quantitative estimate of drug-likeness (QED) is 0.591. The summed E-state index contributed by atoms with van der Waals surface area (Å²) in [5, 5.41) is 0. The van der Waals surface area contributed by atoms with Gasteiger partial charge in [-0.1, -0.05) is 17.7 Å². The Hall–Kier alpha value is -1.31. The van der Waals surface area contributed by atoms with Crippen LogP contribution in [0.2, 0.25) is 0 Å². The third-order valence-corrected chi connectivity index (χ3v) is 1.67. The van der Waals surface area contributed by atoms with Gasteiger partial charge in [-0.2, -0.15) is 0 Å². The van der Waals surface area contributed by atoms with Gasteiger partial charge in [0.15, 0.2) is 0 Å². The normalized spacial score (nSPS) is 9.58. The van der Waals surface area contributed by atoms with E-state index < -0.39 is 0 Å². The van der Waals surface area contributed by atoms with Crippen LogP contribution < -0.4 is 0 Å². The first-order valence-corrected chi connectivity index (χ1v) is 3.66. The monoisotopic (exact) mass is 163 g/mol. The van der Waals surface area contributed by atoms with Gasteiger partial charge in [-0.05, 0) is 25.5 Å². The lowest BCUT2D eigenvalue weighted by atomic mass is 10.1. The molecule has 0 heterocycles. The average Bonchev–Trinajstić information content (AvgIpc) is 2.03. The topological polar surface area (TPSA) is 26.3 Å². The molecule has 1 aromatic carbocycles. The number of rotatable bonds is 1. The predicted molar refractivity (Wildman–Crippen MR) is 47.0 cm³/mol. The summed E-state index contributed by atoms with van der Waals surface area (Å²) in [5.74, 6) is -0.333. The summed E-state index contributed by atoms with van der Waals surface area (Å²) in [5.41, 5.74) is 2.33. The largest absolute Gasteiger partial charge is 0.465 e. The number of carbonyl (C=O) groups is 1. The highest BCUT2D eigenvalue weighted by molar-refractivity contribution is 5.91. The summed E-state index contributed by atoms with van der Waals surface area (Å²) >= 11 is 0. The van der Waals surface area contributed by atoms with E-state index in [-0.39, 0.29) is 5.97 Å². The van der Waals surface area contributed by atoms with Crippen molar-refractivity contribution in [3.05, 3.63) is 41.8 Å². The van der Waals surface area contributed by atoms with E-state index in [2.05, 4.69) is 11.7 Å². The molecule has 1 aromatic rings. The zero-order valence-corrected chi connectivity index (χ0v) is 7.26. The summed E-state index contributed by atoms with van der Waals surface area (Å²) in [6.45, 7) is 5.70. The molecule has 0 atom stereocenters. The van der Waals surface area contributed by atoms with Gasteiger partial charge in [-0.3, -0.25) is 0 Å². The number of benzene rings is 1. The second-order valence-corrected chi connectivity index (χ2v) is 2.65. The van der Waals surface area contributed by atoms with E-state index in [1.165, 1.54) is 7.11 Å². The second kappa shape index (κ2) is 3.39. The molecule has 12 heavy (non-hydrogen) atoms. The lowest BCUT2D eigenvalue weighted by Gasteiger charge is -2.03. The molecule has 0 fully saturated rings. The van der Waals surface area contributed by atoms with E-state index in [0.717, 1.165) is 5.56 Å². The first-order chi connectivity index (χ1) is 5.65. The van der Waals surface area contributed by atoms with Crippen LogP contribution in [-0.2, 0) is 4.74 Å². The molecule has 2 heteroatoms. The summed E-state index contributed by atoms with van der Waals surface area (Å²) in [6, 6.07) is 5.44. The molecule has 0 aliphatic heterocycles. The molecule has 0 aliphatic rings. The first kappa shape index (κ1) is 8.78. The molecule has 0 saturated heterocycles. The highest BCUT2D eigenvalue weighted by Gasteiger charge is 2.07. The molecule has 0 N–H and O–H groups in total. The summed E-state index contributed by atoms with van der Waals surface area (Å²) in [4.78, 5) is 11.1. The molecule has 2 nitrogen and oxygen atoms in total. The van der Waals surface area contributed by atoms with E-state index in [4.69, 9.17) is 0 Å². The number of hydrogen-bond donors (Lipinski definition) is 0. The van der Waals surface area contributed by atoms with Crippen molar-refractivity contribution in [3.8, 4) is 0 Å². The lowest BCUT2D eigenvalue weighted by molar-refractivity contribution is 0.0600. The Morgan fingerprint density at radius 2 is 2.17 bits per heavy atom. The minimum Gasteiger partial charge on any atom is -0.465 e. The minimum absolute atomic E-state index is 0.333. The highest BCUT2D eigenvalue weighted by Crippen LogP contribution is 2.10. The lowest BCUT2D eigenvalue weighted by Crippen LogP contribution is -2.03. The maximum absolute atomic E-state index is 11.1. The van der Waals surface area contributed by atoms with E-state index in [0.29, 0.717) is 11.1 Å². The molecular weight excluding hydrogens is 152 g/mol. The molecule has 0 unspecified atom stereocenters. The van der Waals surface area contributed by atoms with E-state index in [1.54, 1.807) is 6.07 Å². The predicted octanol–water partition coefficient (Wildman–Crippen LogP) is 1.96. The van der Waals surface area contributed by atoms with E-state index >= 15 is 0 Å². The number of esters is 1. The molecule has 0 aromatic heterocycles. The number of carbonyl (C=O) groups excluding carboxylic acids is 1. The number of methoxy groups -OCH3 is 1. The molecule has 0 aliphatic carbocycles. The van der Waals surface area contributed by atoms with Crippen molar-refractivity contribution in [2.75, 3.05) is 7.11 Å². The molecule has 0 spiro atoms. The molecular formula is C10H11O2. The number of ether oxygens (including phenoxy) is 1. The number of aryl methyl sites for hydroxylation is 1. The van der Waals surface area contributed by atoms with Gasteiger partial charge in [0.1, 0.15) is 0 Å². The van der Waals surface area contributed by atoms with Crippen LogP contribution >= 0.6 is 0 Å². The Labute approximate surface area is 72.2 Å². The third kappa shape index (κ3) is 1.64. The van der Waals surface area contributed by atoms with Crippen molar-refractivity contribution in [2.24, 2.45) is 0 Å². The van der Waals surface area contributed by atoms with Gasteiger partial charge < -0.3 is 4.74 Å². The van der Waals surface area contributed by atoms with Gasteiger partial charge in [-0.25, -0.2) is 4.79 Å². The Bertz CT molecular complexity index is 303. The Morgan fingerprint density at radius 3 is 2.67 bits per heavy atom. The maximum atomic E-state index is 11.1. The summed E-state index contributed by atoms with van der Waals surface area (Å²) in [6.07, 6.45) is 0. The van der Waals surface area contributed by atoms with E-state index in [1.807, 2.05) is 19.1 Å². The van der Waals surface area contributed by atoms with Crippen LogP contribution in [0.3, 0.4) is 0 Å². The van der Waals surface area contributed by atoms with Crippen LogP contribution in [0, 0.1) is 13.8 Å². The van der Waals surface area contributed by atoms with Crippen LogP contribution in [0.15, 0.2) is 18.2 Å². The Balaban J connectivity index is 3.09. The van der Waals surface area contributed by atoms with Crippen molar-refractivity contribution in [1.29, 1.82) is 0 Å². The van der Waals surface area contributed by atoms with Gasteiger partial charge in [0.05, 0.1) is 12.7 Å². The molecule has 0 amide bonds. The first-order valence-electron chi connectivity index (χ1n) is 3.66. The molecule has 63 valence electrons. The molecule has 1 rings (SSSR count). The van der Waals surface area contributed by atoms with Gasteiger partial charge in [0.2, 0.25) is 0 Å². The fourth-order valence-electron chi connectivity index (χ4n) is 1.03. The van der Waals surface area contributed by atoms with Crippen molar-refractivity contribution in [2.45, 2.75) is 6.92 Å². The van der Waals surface area contributed by atoms with Gasteiger partial charge in [-0.15, -0.1) is 0 Å². The van der Waals surface area contributed by atoms with Crippen molar-refractivity contribution < 1.29 is 9.53 Å². The minimum atomic E-state index is -0.333. The third-order valence-electron chi connectivity index (χ3n) is 1.67. The fourth-order valence-corrected chi connectivity index (χ4v) is 1.03. The molecule has 0 saturated carbocycles. The fraction of sp³-hybridized carbons (Fsp3) is 0.200. The van der Waals surface area contributed by atoms with Crippen LogP contribution in [0.25, 0.3) is 0 Å². The highest BCUT2D eigenvalue weighted by atomic mass is 16.5. The van der Waals surface area contributed by atoms with Crippen LogP contribution in [0.1, 0.15) is 21.5 Å². The van der Waals surface area contributed by atoms with Crippen molar-refractivity contribution in [1.82, 2.24) is 0 Å². The van der Waals surface area contributed by atoms with Crippen molar-refractivity contribution >= 4 is 5.97 Å². The van der Waals surface area contributed by atoms with Gasteiger partial charge in [0.25, 0.3) is 0 Å². The van der Waals surface area contributed by atoms with Crippen LogP contribution in [-0.4, -0.2) is 13.1 Å². The van der Waals surface area contributed by atoms with E-state index in [9.17, 15) is 4.79 Å². The Kier molecular flexibility index (Phi) is 2.48. The zero-order valence-electron chi connectivity index (χ0n) is 7.26. The van der Waals surface area contributed by atoms with Gasteiger partial charge in [0, 0.05) is 0 Å². The maximum Gasteiger partial charge on any atom is 0.338 e. The summed E-state index contributed by atoms with van der Waals surface area (Å²) < 4.78 is 4.58. The number of hydrogen-bond acceptors (Lipinski definition) is 2. The van der Waals surface area contributed by atoms with Gasteiger partial charge >= 0.3 is 5.97 Å². The van der Waals surface area contributed by atoms with Crippen molar-refractivity contribution in [3.63, 3.8) is 0 Å². The zero-order chi connectivity index (χ0) is 9.14. The Morgan fingerprint density at radius 1 is 1.50 bits per heavy atom. The molecule has 0 bridgehead atoms. The smallest absolute Gasteiger partial charge is 0.338 e.